The van der Waals surface area contributed by atoms with Gasteiger partial charge >= 0.3 is 0 Å². The quantitative estimate of drug-likeness (QED) is 0.376. The topological polar surface area (TPSA) is 77.2 Å². The number of hydrogen-bond donors (Lipinski definition) is 0. The smallest absolute Gasteiger partial charge is 0.253 e. The van der Waals surface area contributed by atoms with Crippen molar-refractivity contribution in [3.63, 3.8) is 0 Å². The summed E-state index contributed by atoms with van der Waals surface area (Å²) in [6, 6.07) is 7.50. The average Bonchev–Trinajstić information content (AvgIpc) is 3.45. The first-order chi connectivity index (χ1) is 17.0. The Morgan fingerprint density at radius 1 is 1.14 bits per heavy atom. The maximum Gasteiger partial charge on any atom is 0.253 e. The van der Waals surface area contributed by atoms with Crippen molar-refractivity contribution in [1.29, 1.82) is 0 Å². The molecule has 1 aliphatic rings. The lowest BCUT2D eigenvalue weighted by molar-refractivity contribution is -0.132. The standard InChI is InChI=1S/C25H28ClFN4O3S2/c1-25(2,3)24(34)31-22(35-15-16-7-9-19(26)36-16)13-18(28-31)23-17(27)8-10-20(32)30(23)14-21(33)29-11-5-4-6-12-29/h7-10,13H,4-6,11-12,14-15H2,1-3H3. The fourth-order valence-corrected chi connectivity index (χ4v) is 6.09. The summed E-state index contributed by atoms with van der Waals surface area (Å²) in [5.41, 5.74) is -1.23. The predicted octanol–water partition coefficient (Wildman–Crippen LogP) is 5.56. The summed E-state index contributed by atoms with van der Waals surface area (Å²) in [6.07, 6.45) is 2.88. The van der Waals surface area contributed by atoms with E-state index in [1.165, 1.54) is 27.8 Å². The molecule has 0 N–H and O–H groups in total. The van der Waals surface area contributed by atoms with E-state index in [-0.39, 0.29) is 29.7 Å². The molecule has 1 aliphatic heterocycles. The van der Waals surface area contributed by atoms with Crippen LogP contribution in [0.15, 0.2) is 40.2 Å². The largest absolute Gasteiger partial charge is 0.341 e. The van der Waals surface area contributed by atoms with Crippen molar-refractivity contribution in [2.75, 3.05) is 13.1 Å². The minimum Gasteiger partial charge on any atom is -0.341 e. The van der Waals surface area contributed by atoms with Crippen LogP contribution >= 0.6 is 34.7 Å². The van der Waals surface area contributed by atoms with Crippen LogP contribution < -0.4 is 5.56 Å². The molecule has 3 aromatic heterocycles. The molecule has 0 aliphatic carbocycles. The number of pyridine rings is 1. The summed E-state index contributed by atoms with van der Waals surface area (Å²) in [5.74, 6) is -0.652. The highest BCUT2D eigenvalue weighted by atomic mass is 35.5. The Bertz CT molecular complexity index is 1340. The lowest BCUT2D eigenvalue weighted by Crippen LogP contribution is -2.40. The molecule has 4 heterocycles. The molecular formula is C25H28ClFN4O3S2. The van der Waals surface area contributed by atoms with Gasteiger partial charge < -0.3 is 4.90 Å². The number of aromatic nitrogens is 3. The number of nitrogens with zero attached hydrogens (tertiary/aromatic N) is 4. The second-order valence-corrected chi connectivity index (χ2v) is 12.5. The maximum absolute atomic E-state index is 15.2. The van der Waals surface area contributed by atoms with Crippen molar-refractivity contribution in [2.45, 2.75) is 57.4 Å². The molecule has 0 spiro atoms. The number of likely N-dealkylation sites (tertiary alicyclic amines) is 1. The fraction of sp³-hybridized carbons (Fsp3) is 0.440. The van der Waals surface area contributed by atoms with E-state index >= 15 is 4.39 Å². The van der Waals surface area contributed by atoms with Crippen LogP contribution in [-0.2, 0) is 17.1 Å². The first kappa shape index (κ1) is 26.6. The molecule has 7 nitrogen and oxygen atoms in total. The highest BCUT2D eigenvalue weighted by Gasteiger charge is 2.29. The molecule has 1 fully saturated rings. The highest BCUT2D eigenvalue weighted by Crippen LogP contribution is 2.33. The minimum atomic E-state index is -0.746. The summed E-state index contributed by atoms with van der Waals surface area (Å²) < 4.78 is 18.3. The van der Waals surface area contributed by atoms with Crippen molar-refractivity contribution in [3.8, 4) is 11.4 Å². The number of carbonyl (C=O) groups excluding carboxylic acids is 2. The van der Waals surface area contributed by atoms with E-state index in [1.807, 2.05) is 12.1 Å². The molecule has 3 aromatic rings. The highest BCUT2D eigenvalue weighted by molar-refractivity contribution is 7.98. The Balaban J connectivity index is 1.73. The maximum atomic E-state index is 15.2. The Labute approximate surface area is 222 Å². The van der Waals surface area contributed by atoms with Gasteiger partial charge in [-0.1, -0.05) is 32.4 Å². The normalized spacial score (nSPS) is 14.3. The van der Waals surface area contributed by atoms with Gasteiger partial charge in [0.2, 0.25) is 5.91 Å². The van der Waals surface area contributed by atoms with Gasteiger partial charge in [0.25, 0.3) is 11.5 Å². The number of thioether (sulfide) groups is 1. The second-order valence-electron chi connectivity index (χ2n) is 9.72. The van der Waals surface area contributed by atoms with Crippen molar-refractivity contribution in [3.05, 3.63) is 55.7 Å². The van der Waals surface area contributed by atoms with Gasteiger partial charge in [-0.3, -0.25) is 19.0 Å². The number of carbonyl (C=O) groups is 2. The molecule has 11 heteroatoms. The lowest BCUT2D eigenvalue weighted by Gasteiger charge is -2.27. The molecule has 0 saturated carbocycles. The zero-order valence-corrected chi connectivity index (χ0v) is 22.8. The van der Waals surface area contributed by atoms with Gasteiger partial charge in [0, 0.05) is 41.3 Å². The van der Waals surface area contributed by atoms with Crippen molar-refractivity contribution < 1.29 is 14.0 Å². The summed E-state index contributed by atoms with van der Waals surface area (Å²) >= 11 is 8.86. The van der Waals surface area contributed by atoms with Crippen LogP contribution in [0, 0.1) is 11.2 Å². The molecule has 0 unspecified atom stereocenters. The number of thiophene rings is 1. The SMILES string of the molecule is CC(C)(C)C(=O)n1nc(-c2c(F)ccc(=O)n2CC(=O)N2CCCCC2)cc1SCc1ccc(Cl)s1. The van der Waals surface area contributed by atoms with Gasteiger partial charge in [-0.05, 0) is 37.5 Å². The van der Waals surface area contributed by atoms with Crippen LogP contribution in [0.3, 0.4) is 0 Å². The van der Waals surface area contributed by atoms with Crippen LogP contribution in [0.5, 0.6) is 0 Å². The van der Waals surface area contributed by atoms with Gasteiger partial charge in [-0.15, -0.1) is 23.1 Å². The average molecular weight is 551 g/mol. The fourth-order valence-electron chi connectivity index (χ4n) is 3.97. The van der Waals surface area contributed by atoms with E-state index in [1.54, 1.807) is 31.7 Å². The summed E-state index contributed by atoms with van der Waals surface area (Å²) in [7, 11) is 0. The van der Waals surface area contributed by atoms with Crippen LogP contribution in [0.2, 0.25) is 4.34 Å². The van der Waals surface area contributed by atoms with Crippen molar-refractivity contribution in [2.24, 2.45) is 5.41 Å². The lowest BCUT2D eigenvalue weighted by atomic mass is 9.96. The third kappa shape index (κ3) is 5.92. The molecular weight excluding hydrogens is 523 g/mol. The number of rotatable bonds is 6. The van der Waals surface area contributed by atoms with Crippen LogP contribution in [0.4, 0.5) is 4.39 Å². The van der Waals surface area contributed by atoms with Crippen LogP contribution in [0.25, 0.3) is 11.4 Å². The molecule has 0 aromatic carbocycles. The molecule has 192 valence electrons. The van der Waals surface area contributed by atoms with Crippen LogP contribution in [-0.4, -0.2) is 44.2 Å². The van der Waals surface area contributed by atoms with E-state index < -0.39 is 16.8 Å². The Kier molecular flexibility index (Phi) is 8.06. The molecule has 1 amide bonds. The molecule has 36 heavy (non-hydrogen) atoms. The first-order valence-corrected chi connectivity index (χ1v) is 13.9. The van der Waals surface area contributed by atoms with Crippen molar-refractivity contribution in [1.82, 2.24) is 19.2 Å². The second kappa shape index (κ2) is 10.9. The zero-order valence-electron chi connectivity index (χ0n) is 20.4. The number of hydrogen-bond acceptors (Lipinski definition) is 6. The first-order valence-electron chi connectivity index (χ1n) is 11.7. The number of halogens is 2. The van der Waals surface area contributed by atoms with Crippen molar-refractivity contribution >= 4 is 46.5 Å². The van der Waals surface area contributed by atoms with E-state index in [0.29, 0.717) is 28.2 Å². The number of amides is 1. The van der Waals surface area contributed by atoms with Crippen LogP contribution in [0.1, 0.15) is 49.7 Å². The molecule has 4 rings (SSSR count). The summed E-state index contributed by atoms with van der Waals surface area (Å²) in [4.78, 5) is 41.7. The predicted molar refractivity (Wildman–Crippen MR) is 141 cm³/mol. The van der Waals surface area contributed by atoms with E-state index in [0.717, 1.165) is 40.8 Å². The third-order valence-corrected chi connectivity index (χ3v) is 8.34. The molecule has 0 bridgehead atoms. The zero-order chi connectivity index (χ0) is 26.0. The summed E-state index contributed by atoms with van der Waals surface area (Å²) in [6.45, 7) is 6.30. The van der Waals surface area contributed by atoms with Gasteiger partial charge in [-0.25, -0.2) is 4.39 Å². The van der Waals surface area contributed by atoms with E-state index in [9.17, 15) is 14.4 Å². The van der Waals surface area contributed by atoms with Gasteiger partial charge in [0.05, 0.1) is 4.34 Å². The van der Waals surface area contributed by atoms with Gasteiger partial charge in [-0.2, -0.15) is 9.78 Å². The third-order valence-electron chi connectivity index (χ3n) is 5.88. The Morgan fingerprint density at radius 3 is 2.50 bits per heavy atom. The van der Waals surface area contributed by atoms with E-state index in [2.05, 4.69) is 5.10 Å². The Morgan fingerprint density at radius 2 is 1.86 bits per heavy atom. The van der Waals surface area contributed by atoms with Gasteiger partial charge in [0.1, 0.15) is 28.8 Å². The monoisotopic (exact) mass is 550 g/mol. The van der Waals surface area contributed by atoms with E-state index in [4.69, 9.17) is 11.6 Å². The number of piperidine rings is 1. The molecule has 1 saturated heterocycles. The van der Waals surface area contributed by atoms with Gasteiger partial charge in [0.15, 0.2) is 0 Å². The minimum absolute atomic E-state index is 0.102. The summed E-state index contributed by atoms with van der Waals surface area (Å²) in [5, 5.41) is 4.96. The molecule has 0 radical (unpaired) electrons. The molecule has 0 atom stereocenters. The Hall–Kier alpha value is -2.43.